The third-order valence-electron chi connectivity index (χ3n) is 1.29. The van der Waals surface area contributed by atoms with Gasteiger partial charge >= 0.3 is 0 Å². The Labute approximate surface area is 69.9 Å². The summed E-state index contributed by atoms with van der Waals surface area (Å²) in [5.41, 5.74) is 0. The molecule has 0 rings (SSSR count). The SMILES string of the molecule is [CH2]CCOC(CC)OCCC. The van der Waals surface area contributed by atoms with E-state index in [1.54, 1.807) is 0 Å². The zero-order chi connectivity index (χ0) is 8.53. The predicted molar refractivity (Wildman–Crippen MR) is 46.2 cm³/mol. The predicted octanol–water partition coefficient (Wildman–Crippen LogP) is 2.39. The molecule has 1 atom stereocenters. The molecule has 0 aliphatic rings. The molecule has 0 fully saturated rings. The molecule has 0 aromatic heterocycles. The van der Waals surface area contributed by atoms with Crippen LogP contribution in [-0.4, -0.2) is 19.5 Å². The lowest BCUT2D eigenvalue weighted by molar-refractivity contribution is -0.142. The zero-order valence-corrected chi connectivity index (χ0v) is 7.64. The van der Waals surface area contributed by atoms with E-state index in [0.29, 0.717) is 6.61 Å². The molecular weight excluding hydrogens is 140 g/mol. The summed E-state index contributed by atoms with van der Waals surface area (Å²) in [5, 5.41) is 0. The summed E-state index contributed by atoms with van der Waals surface area (Å²) in [4.78, 5) is 0. The van der Waals surface area contributed by atoms with Crippen LogP contribution in [0.5, 0.6) is 0 Å². The van der Waals surface area contributed by atoms with Crippen LogP contribution in [0.4, 0.5) is 0 Å². The molecule has 11 heavy (non-hydrogen) atoms. The molecule has 0 aliphatic carbocycles. The lowest BCUT2D eigenvalue weighted by Gasteiger charge is -2.15. The van der Waals surface area contributed by atoms with Crippen molar-refractivity contribution < 1.29 is 9.47 Å². The van der Waals surface area contributed by atoms with Gasteiger partial charge in [-0.1, -0.05) is 20.8 Å². The Hall–Kier alpha value is -0.0800. The van der Waals surface area contributed by atoms with Crippen molar-refractivity contribution in [2.45, 2.75) is 39.4 Å². The summed E-state index contributed by atoms with van der Waals surface area (Å²) < 4.78 is 10.8. The van der Waals surface area contributed by atoms with Crippen LogP contribution in [0.15, 0.2) is 0 Å². The minimum Gasteiger partial charge on any atom is -0.353 e. The summed E-state index contributed by atoms with van der Waals surface area (Å²) in [6, 6.07) is 0. The van der Waals surface area contributed by atoms with Crippen molar-refractivity contribution in [2.75, 3.05) is 13.2 Å². The van der Waals surface area contributed by atoms with E-state index in [1.165, 1.54) is 0 Å². The Bertz CT molecular complexity index is 66.0. The van der Waals surface area contributed by atoms with Gasteiger partial charge in [-0.15, -0.1) is 0 Å². The molecule has 67 valence electrons. The van der Waals surface area contributed by atoms with Gasteiger partial charge in [0, 0.05) is 13.2 Å². The fraction of sp³-hybridized carbons (Fsp3) is 0.889. The molecule has 0 aromatic rings. The standard InChI is InChI=1S/C9H19O2/c1-4-7-10-9(6-3)11-8-5-2/h9H,1,4-8H2,2-3H3. The van der Waals surface area contributed by atoms with Gasteiger partial charge in [0.15, 0.2) is 6.29 Å². The van der Waals surface area contributed by atoms with E-state index in [1.807, 2.05) is 0 Å². The minimum atomic E-state index is -0.0169. The highest BCUT2D eigenvalue weighted by atomic mass is 16.7. The third-order valence-corrected chi connectivity index (χ3v) is 1.29. The van der Waals surface area contributed by atoms with Crippen LogP contribution >= 0.6 is 0 Å². The second-order valence-corrected chi connectivity index (χ2v) is 2.43. The van der Waals surface area contributed by atoms with E-state index in [2.05, 4.69) is 20.8 Å². The molecule has 2 heteroatoms. The van der Waals surface area contributed by atoms with Crippen molar-refractivity contribution in [3.05, 3.63) is 6.92 Å². The van der Waals surface area contributed by atoms with Gasteiger partial charge in [-0.25, -0.2) is 0 Å². The van der Waals surface area contributed by atoms with Crippen LogP contribution in [0.1, 0.15) is 33.1 Å². The average molecular weight is 159 g/mol. The number of hydrogen-bond acceptors (Lipinski definition) is 2. The van der Waals surface area contributed by atoms with Crippen molar-refractivity contribution in [1.29, 1.82) is 0 Å². The van der Waals surface area contributed by atoms with Crippen molar-refractivity contribution in [2.24, 2.45) is 0 Å². The Morgan fingerprint density at radius 3 is 2.27 bits per heavy atom. The van der Waals surface area contributed by atoms with Gasteiger partial charge in [-0.05, 0) is 19.3 Å². The molecule has 0 saturated carbocycles. The highest BCUT2D eigenvalue weighted by molar-refractivity contribution is 4.42. The van der Waals surface area contributed by atoms with E-state index in [4.69, 9.17) is 9.47 Å². The molecule has 0 amide bonds. The Morgan fingerprint density at radius 2 is 1.82 bits per heavy atom. The highest BCUT2D eigenvalue weighted by Gasteiger charge is 2.03. The van der Waals surface area contributed by atoms with Crippen molar-refractivity contribution >= 4 is 0 Å². The van der Waals surface area contributed by atoms with E-state index < -0.39 is 0 Å². The van der Waals surface area contributed by atoms with Crippen LogP contribution in [-0.2, 0) is 9.47 Å². The molecular formula is C9H19O2. The molecule has 0 bridgehead atoms. The van der Waals surface area contributed by atoms with E-state index >= 15 is 0 Å². The Kier molecular flexibility index (Phi) is 7.96. The summed E-state index contributed by atoms with van der Waals surface area (Å²) >= 11 is 0. The average Bonchev–Trinajstić information content (AvgIpc) is 2.05. The monoisotopic (exact) mass is 159 g/mol. The Morgan fingerprint density at radius 1 is 1.18 bits per heavy atom. The number of hydrogen-bond donors (Lipinski definition) is 0. The summed E-state index contributed by atoms with van der Waals surface area (Å²) in [5.74, 6) is 0. The largest absolute Gasteiger partial charge is 0.353 e. The van der Waals surface area contributed by atoms with Crippen LogP contribution < -0.4 is 0 Å². The fourth-order valence-electron chi connectivity index (χ4n) is 0.748. The molecule has 0 saturated heterocycles. The van der Waals surface area contributed by atoms with E-state index in [-0.39, 0.29) is 6.29 Å². The summed E-state index contributed by atoms with van der Waals surface area (Å²) in [7, 11) is 0. The topological polar surface area (TPSA) is 18.5 Å². The summed E-state index contributed by atoms with van der Waals surface area (Å²) in [6.07, 6.45) is 2.76. The van der Waals surface area contributed by atoms with Crippen LogP contribution in [0.2, 0.25) is 0 Å². The summed E-state index contributed by atoms with van der Waals surface area (Å²) in [6.45, 7) is 9.33. The van der Waals surface area contributed by atoms with Gasteiger partial charge in [0.05, 0.1) is 0 Å². The maximum atomic E-state index is 5.39. The second kappa shape index (κ2) is 8.02. The van der Waals surface area contributed by atoms with Gasteiger partial charge < -0.3 is 9.47 Å². The number of rotatable bonds is 7. The second-order valence-electron chi connectivity index (χ2n) is 2.43. The molecule has 0 N–H and O–H groups in total. The fourth-order valence-corrected chi connectivity index (χ4v) is 0.748. The Balaban J connectivity index is 3.25. The first-order chi connectivity index (χ1) is 5.35. The van der Waals surface area contributed by atoms with Crippen LogP contribution in [0.25, 0.3) is 0 Å². The molecule has 0 aliphatic heterocycles. The van der Waals surface area contributed by atoms with Crippen LogP contribution in [0.3, 0.4) is 0 Å². The lowest BCUT2D eigenvalue weighted by atomic mass is 10.4. The van der Waals surface area contributed by atoms with E-state index in [9.17, 15) is 0 Å². The zero-order valence-electron chi connectivity index (χ0n) is 7.64. The number of ether oxygens (including phenoxy) is 2. The van der Waals surface area contributed by atoms with Crippen LogP contribution in [0, 0.1) is 6.92 Å². The quantitative estimate of drug-likeness (QED) is 0.531. The highest BCUT2D eigenvalue weighted by Crippen LogP contribution is 2.01. The molecule has 2 nitrogen and oxygen atoms in total. The minimum absolute atomic E-state index is 0.0169. The maximum Gasteiger partial charge on any atom is 0.157 e. The normalized spacial score (nSPS) is 10.9. The first-order valence-corrected chi connectivity index (χ1v) is 4.37. The smallest absolute Gasteiger partial charge is 0.157 e. The molecule has 0 heterocycles. The van der Waals surface area contributed by atoms with Gasteiger partial charge in [-0.2, -0.15) is 0 Å². The van der Waals surface area contributed by atoms with E-state index in [0.717, 1.165) is 25.9 Å². The molecule has 0 aromatic carbocycles. The first-order valence-electron chi connectivity index (χ1n) is 4.37. The van der Waals surface area contributed by atoms with Gasteiger partial charge in [0.2, 0.25) is 0 Å². The first kappa shape index (κ1) is 10.9. The van der Waals surface area contributed by atoms with Gasteiger partial charge in [0.1, 0.15) is 0 Å². The maximum absolute atomic E-state index is 5.39. The lowest BCUT2D eigenvalue weighted by Crippen LogP contribution is -2.17. The molecule has 1 unspecified atom stereocenters. The van der Waals surface area contributed by atoms with Crippen molar-refractivity contribution in [1.82, 2.24) is 0 Å². The molecule has 1 radical (unpaired) electrons. The van der Waals surface area contributed by atoms with Gasteiger partial charge in [-0.3, -0.25) is 0 Å². The van der Waals surface area contributed by atoms with Gasteiger partial charge in [0.25, 0.3) is 0 Å². The van der Waals surface area contributed by atoms with Crippen molar-refractivity contribution in [3.63, 3.8) is 0 Å². The molecule has 0 spiro atoms. The third kappa shape index (κ3) is 6.32. The van der Waals surface area contributed by atoms with Crippen molar-refractivity contribution in [3.8, 4) is 0 Å².